The molecule has 0 amide bonds. The highest BCUT2D eigenvalue weighted by molar-refractivity contribution is 4.74. The maximum absolute atomic E-state index is 5.49. The van der Waals surface area contributed by atoms with E-state index in [1.54, 1.807) is 0 Å². The molecule has 0 aliphatic carbocycles. The van der Waals surface area contributed by atoms with Gasteiger partial charge in [-0.1, -0.05) is 20.8 Å². The van der Waals surface area contributed by atoms with Crippen molar-refractivity contribution in [3.8, 4) is 0 Å². The molecule has 0 aliphatic rings. The summed E-state index contributed by atoms with van der Waals surface area (Å²) in [5.74, 6) is 0.802. The Morgan fingerprint density at radius 1 is 1.12 bits per heavy atom. The topological polar surface area (TPSA) is 21.3 Å². The van der Waals surface area contributed by atoms with Gasteiger partial charge in [-0.3, -0.25) is 0 Å². The highest BCUT2D eigenvalue weighted by Crippen LogP contribution is 2.19. The van der Waals surface area contributed by atoms with E-state index in [0.29, 0.717) is 6.04 Å². The first-order valence-electron chi connectivity index (χ1n) is 7.19. The summed E-state index contributed by atoms with van der Waals surface area (Å²) in [6.07, 6.45) is 6.16. The van der Waals surface area contributed by atoms with Gasteiger partial charge in [0.05, 0.1) is 5.60 Å². The van der Waals surface area contributed by atoms with Crippen molar-refractivity contribution in [1.29, 1.82) is 0 Å². The third-order valence-corrected chi connectivity index (χ3v) is 3.42. The Morgan fingerprint density at radius 2 is 1.76 bits per heavy atom. The summed E-state index contributed by atoms with van der Waals surface area (Å²) in [5, 5.41) is 3.67. The first-order valence-corrected chi connectivity index (χ1v) is 7.19. The van der Waals surface area contributed by atoms with Crippen LogP contribution in [0, 0.1) is 5.92 Å². The van der Waals surface area contributed by atoms with Crippen LogP contribution < -0.4 is 5.32 Å². The zero-order chi connectivity index (χ0) is 13.3. The van der Waals surface area contributed by atoms with Gasteiger partial charge in [0.1, 0.15) is 0 Å². The van der Waals surface area contributed by atoms with E-state index >= 15 is 0 Å². The van der Waals surface area contributed by atoms with Crippen molar-refractivity contribution >= 4 is 0 Å². The molecule has 0 aromatic carbocycles. The van der Waals surface area contributed by atoms with Crippen LogP contribution >= 0.6 is 0 Å². The lowest BCUT2D eigenvalue weighted by atomic mass is 9.94. The molecular weight excluding hydrogens is 210 g/mol. The van der Waals surface area contributed by atoms with Crippen molar-refractivity contribution in [3.05, 3.63) is 0 Å². The van der Waals surface area contributed by atoms with Crippen LogP contribution in [0.4, 0.5) is 0 Å². The minimum Gasteiger partial charge on any atom is -0.379 e. The van der Waals surface area contributed by atoms with Gasteiger partial charge in [0.25, 0.3) is 0 Å². The zero-order valence-electron chi connectivity index (χ0n) is 12.8. The van der Waals surface area contributed by atoms with Crippen molar-refractivity contribution in [2.45, 2.75) is 78.4 Å². The van der Waals surface area contributed by atoms with E-state index in [9.17, 15) is 0 Å². The molecule has 2 heteroatoms. The van der Waals surface area contributed by atoms with Crippen molar-refractivity contribution in [3.63, 3.8) is 0 Å². The Morgan fingerprint density at radius 3 is 2.24 bits per heavy atom. The lowest BCUT2D eigenvalue weighted by Gasteiger charge is -2.27. The average Bonchev–Trinajstić information content (AvgIpc) is 2.28. The summed E-state index contributed by atoms with van der Waals surface area (Å²) in [7, 11) is 1.81. The molecule has 1 atom stereocenters. The number of methoxy groups -OCH3 is 1. The third kappa shape index (κ3) is 9.61. The fourth-order valence-electron chi connectivity index (χ4n) is 1.86. The lowest BCUT2D eigenvalue weighted by Crippen LogP contribution is -2.33. The quantitative estimate of drug-likeness (QED) is 0.626. The molecule has 0 bridgehead atoms. The monoisotopic (exact) mass is 243 g/mol. The zero-order valence-corrected chi connectivity index (χ0v) is 12.8. The SMILES string of the molecule is CCCNC(CCC(C)C)CCC(C)(C)OC. The smallest absolute Gasteiger partial charge is 0.0623 e. The Labute approximate surface area is 109 Å². The molecule has 0 saturated carbocycles. The van der Waals surface area contributed by atoms with Gasteiger partial charge in [-0.25, -0.2) is 0 Å². The summed E-state index contributed by atoms with van der Waals surface area (Å²) in [6, 6.07) is 0.659. The molecule has 0 saturated heterocycles. The van der Waals surface area contributed by atoms with Crippen molar-refractivity contribution in [2.24, 2.45) is 5.92 Å². The predicted molar refractivity (Wildman–Crippen MR) is 76.5 cm³/mol. The molecule has 0 aliphatic heterocycles. The molecular formula is C15H33NO. The summed E-state index contributed by atoms with van der Waals surface area (Å²) in [5.41, 5.74) is 0.0178. The molecule has 0 heterocycles. The maximum Gasteiger partial charge on any atom is 0.0623 e. The number of nitrogens with one attached hydrogen (secondary N) is 1. The molecule has 17 heavy (non-hydrogen) atoms. The van der Waals surface area contributed by atoms with E-state index in [1.165, 1.54) is 25.7 Å². The average molecular weight is 243 g/mol. The normalized spacial score (nSPS) is 14.3. The van der Waals surface area contributed by atoms with Gasteiger partial charge >= 0.3 is 0 Å². The number of hydrogen-bond acceptors (Lipinski definition) is 2. The molecule has 0 aromatic rings. The first kappa shape index (κ1) is 16.9. The lowest BCUT2D eigenvalue weighted by molar-refractivity contribution is 0.0114. The fourth-order valence-corrected chi connectivity index (χ4v) is 1.86. The van der Waals surface area contributed by atoms with Crippen molar-refractivity contribution in [1.82, 2.24) is 5.32 Å². The molecule has 104 valence electrons. The van der Waals surface area contributed by atoms with Crippen molar-refractivity contribution < 1.29 is 4.74 Å². The number of ether oxygens (including phenoxy) is 1. The predicted octanol–water partition coefficient (Wildman–Crippen LogP) is 4.00. The number of rotatable bonds is 10. The van der Waals surface area contributed by atoms with E-state index in [1.807, 2.05) is 7.11 Å². The molecule has 0 spiro atoms. The second-order valence-electron chi connectivity index (χ2n) is 6.12. The van der Waals surface area contributed by atoms with E-state index in [2.05, 4.69) is 39.9 Å². The van der Waals surface area contributed by atoms with Crippen LogP contribution in [0.2, 0.25) is 0 Å². The Bertz CT molecular complexity index is 178. The van der Waals surface area contributed by atoms with Crippen molar-refractivity contribution in [2.75, 3.05) is 13.7 Å². The molecule has 0 radical (unpaired) electrons. The minimum atomic E-state index is 0.0178. The van der Waals surface area contributed by atoms with E-state index < -0.39 is 0 Å². The van der Waals surface area contributed by atoms with E-state index in [-0.39, 0.29) is 5.60 Å². The van der Waals surface area contributed by atoms with Crippen LogP contribution in [0.3, 0.4) is 0 Å². The van der Waals surface area contributed by atoms with Gasteiger partial charge in [0.15, 0.2) is 0 Å². The van der Waals surface area contributed by atoms with Crippen LogP contribution in [0.1, 0.15) is 66.7 Å². The Hall–Kier alpha value is -0.0800. The highest BCUT2D eigenvalue weighted by atomic mass is 16.5. The third-order valence-electron chi connectivity index (χ3n) is 3.42. The summed E-state index contributed by atoms with van der Waals surface area (Å²) < 4.78 is 5.49. The molecule has 0 rings (SSSR count). The minimum absolute atomic E-state index is 0.0178. The maximum atomic E-state index is 5.49. The molecule has 1 N–H and O–H groups in total. The number of hydrogen-bond donors (Lipinski definition) is 1. The standard InChI is InChI=1S/C15H33NO/c1-7-12-16-14(9-8-13(2)3)10-11-15(4,5)17-6/h13-14,16H,7-12H2,1-6H3. The van der Waals surface area contributed by atoms with Gasteiger partial charge in [0, 0.05) is 13.2 Å². The fraction of sp³-hybridized carbons (Fsp3) is 1.00. The van der Waals surface area contributed by atoms with E-state index in [4.69, 9.17) is 4.74 Å². The highest BCUT2D eigenvalue weighted by Gasteiger charge is 2.19. The van der Waals surface area contributed by atoms with Crippen LogP contribution in [0.25, 0.3) is 0 Å². The molecule has 0 fully saturated rings. The molecule has 2 nitrogen and oxygen atoms in total. The van der Waals surface area contributed by atoms with Crippen LogP contribution in [0.15, 0.2) is 0 Å². The van der Waals surface area contributed by atoms with Gasteiger partial charge in [-0.15, -0.1) is 0 Å². The first-order chi connectivity index (χ1) is 7.91. The van der Waals surface area contributed by atoms with Gasteiger partial charge < -0.3 is 10.1 Å². The largest absolute Gasteiger partial charge is 0.379 e. The van der Waals surface area contributed by atoms with Crippen LogP contribution in [-0.4, -0.2) is 25.3 Å². The summed E-state index contributed by atoms with van der Waals surface area (Å²) in [6.45, 7) is 12.3. The molecule has 0 aromatic heterocycles. The Kier molecular flexibility index (Phi) is 8.89. The van der Waals surface area contributed by atoms with Crippen LogP contribution in [-0.2, 0) is 4.74 Å². The Balaban J connectivity index is 4.00. The van der Waals surface area contributed by atoms with Gasteiger partial charge in [0.2, 0.25) is 0 Å². The second kappa shape index (κ2) is 8.93. The second-order valence-corrected chi connectivity index (χ2v) is 6.12. The van der Waals surface area contributed by atoms with Gasteiger partial charge in [-0.05, 0) is 58.4 Å². The van der Waals surface area contributed by atoms with E-state index in [0.717, 1.165) is 18.9 Å². The molecule has 1 unspecified atom stereocenters. The van der Waals surface area contributed by atoms with Crippen LogP contribution in [0.5, 0.6) is 0 Å². The summed E-state index contributed by atoms with van der Waals surface area (Å²) in [4.78, 5) is 0. The summed E-state index contributed by atoms with van der Waals surface area (Å²) >= 11 is 0. The van der Waals surface area contributed by atoms with Gasteiger partial charge in [-0.2, -0.15) is 0 Å².